The van der Waals surface area contributed by atoms with Crippen molar-refractivity contribution in [3.8, 4) is 0 Å². The molecule has 3 nitrogen and oxygen atoms in total. The van der Waals surface area contributed by atoms with Crippen molar-refractivity contribution in [2.45, 2.75) is 19.0 Å². The number of fused-ring (bicyclic) bond motifs is 2. The number of benzene rings is 1. The predicted octanol–water partition coefficient (Wildman–Crippen LogP) is 1.03. The highest BCUT2D eigenvalue weighted by Gasteiger charge is 2.23. The van der Waals surface area contributed by atoms with Gasteiger partial charge in [-0.3, -0.25) is 4.90 Å². The van der Waals surface area contributed by atoms with Crippen LogP contribution in [0.5, 0.6) is 0 Å². The van der Waals surface area contributed by atoms with E-state index in [-0.39, 0.29) is 0 Å². The first-order valence-electron chi connectivity index (χ1n) is 6.52. The quantitative estimate of drug-likeness (QED) is 0.677. The molecule has 17 heavy (non-hydrogen) atoms. The molecule has 4 heterocycles. The third-order valence-electron chi connectivity index (χ3n) is 3.56. The molecule has 1 atom stereocenters. The first kappa shape index (κ1) is 11.2. The van der Waals surface area contributed by atoms with Crippen molar-refractivity contribution in [2.75, 3.05) is 32.8 Å². The van der Waals surface area contributed by atoms with Crippen LogP contribution in [0.25, 0.3) is 0 Å². The molecule has 0 radical (unpaired) electrons. The van der Waals surface area contributed by atoms with E-state index in [1.807, 2.05) is 0 Å². The Morgan fingerprint density at radius 1 is 1.12 bits per heavy atom. The van der Waals surface area contributed by atoms with Crippen LogP contribution in [0.15, 0.2) is 24.3 Å². The molecule has 0 aromatic heterocycles. The summed E-state index contributed by atoms with van der Waals surface area (Å²) in [5.41, 5.74) is 2.94. The molecule has 1 N–H and O–H groups in total. The van der Waals surface area contributed by atoms with E-state index in [4.69, 9.17) is 0 Å². The number of hydrogen-bond acceptors (Lipinski definition) is 3. The van der Waals surface area contributed by atoms with Gasteiger partial charge in [0, 0.05) is 32.2 Å². The van der Waals surface area contributed by atoms with Crippen LogP contribution < -0.4 is 5.32 Å². The molecule has 4 aliphatic rings. The Hall–Kier alpha value is -0.900. The van der Waals surface area contributed by atoms with Crippen molar-refractivity contribution in [3.05, 3.63) is 35.4 Å². The monoisotopic (exact) mass is 232 g/mol. The van der Waals surface area contributed by atoms with Crippen LogP contribution in [0.4, 0.5) is 0 Å². The molecule has 3 heteroatoms. The molecular weight excluding hydrogens is 212 g/mol. The Labute approximate surface area is 103 Å². The minimum atomic E-state index is 0.712. The van der Waals surface area contributed by atoms with Crippen LogP contribution in [0.2, 0.25) is 0 Å². The van der Waals surface area contributed by atoms with Crippen LogP contribution in [0.3, 0.4) is 0 Å². The van der Waals surface area contributed by atoms with Gasteiger partial charge in [-0.2, -0.15) is 0 Å². The SMILES string of the molecule is C1CO1.c1cc2ccc1CC1CNCCN1C2. The fraction of sp³-hybridized carbons (Fsp3) is 0.571. The minimum Gasteiger partial charge on any atom is -0.377 e. The lowest BCUT2D eigenvalue weighted by molar-refractivity contribution is 0.150. The number of piperazine rings is 1. The van der Waals surface area contributed by atoms with E-state index < -0.39 is 0 Å². The molecule has 0 amide bonds. The van der Waals surface area contributed by atoms with Gasteiger partial charge >= 0.3 is 0 Å². The standard InChI is InChI=1S/C12H16N2.C2H4O/c1-3-11-4-2-10(1)7-12-8-13-5-6-14(12)9-11;1-2-3-1/h1-4,12-13H,5-9H2;1-2H2. The Morgan fingerprint density at radius 3 is 2.53 bits per heavy atom. The third kappa shape index (κ3) is 3.06. The van der Waals surface area contributed by atoms with E-state index in [2.05, 4.69) is 39.2 Å². The van der Waals surface area contributed by atoms with Gasteiger partial charge in [0.05, 0.1) is 13.2 Å². The van der Waals surface area contributed by atoms with Gasteiger partial charge in [0.15, 0.2) is 0 Å². The summed E-state index contributed by atoms with van der Waals surface area (Å²) >= 11 is 0. The molecule has 2 bridgehead atoms. The molecule has 5 rings (SSSR count). The molecule has 92 valence electrons. The largest absolute Gasteiger partial charge is 0.377 e. The van der Waals surface area contributed by atoms with Crippen molar-refractivity contribution in [3.63, 3.8) is 0 Å². The molecule has 0 aliphatic carbocycles. The van der Waals surface area contributed by atoms with Gasteiger partial charge < -0.3 is 10.1 Å². The number of ether oxygens (including phenoxy) is 1. The van der Waals surface area contributed by atoms with Gasteiger partial charge in [-0.15, -0.1) is 0 Å². The van der Waals surface area contributed by atoms with Gasteiger partial charge in [-0.25, -0.2) is 0 Å². The van der Waals surface area contributed by atoms with Crippen LogP contribution in [-0.4, -0.2) is 43.8 Å². The van der Waals surface area contributed by atoms with Crippen molar-refractivity contribution in [1.82, 2.24) is 10.2 Å². The molecule has 1 aromatic carbocycles. The molecule has 2 saturated heterocycles. The maximum absolute atomic E-state index is 4.50. The van der Waals surface area contributed by atoms with E-state index in [9.17, 15) is 0 Å². The second-order valence-corrected chi connectivity index (χ2v) is 4.96. The number of hydrogen-bond donors (Lipinski definition) is 1. The van der Waals surface area contributed by atoms with Crippen LogP contribution in [0.1, 0.15) is 11.1 Å². The molecule has 0 saturated carbocycles. The maximum atomic E-state index is 4.50. The van der Waals surface area contributed by atoms with Crippen molar-refractivity contribution >= 4 is 0 Å². The Balaban J connectivity index is 0.000000264. The van der Waals surface area contributed by atoms with Crippen LogP contribution in [-0.2, 0) is 17.7 Å². The number of epoxide rings is 1. The van der Waals surface area contributed by atoms with Gasteiger partial charge in [-0.1, -0.05) is 24.3 Å². The summed E-state index contributed by atoms with van der Waals surface area (Å²) in [7, 11) is 0. The maximum Gasteiger partial charge on any atom is 0.0701 e. The first-order chi connectivity index (χ1) is 8.42. The highest BCUT2D eigenvalue weighted by Crippen LogP contribution is 2.19. The highest BCUT2D eigenvalue weighted by atomic mass is 16.6. The van der Waals surface area contributed by atoms with Gasteiger partial charge in [0.2, 0.25) is 0 Å². The fourth-order valence-electron chi connectivity index (χ4n) is 2.50. The smallest absolute Gasteiger partial charge is 0.0701 e. The Morgan fingerprint density at radius 2 is 1.82 bits per heavy atom. The predicted molar refractivity (Wildman–Crippen MR) is 68.0 cm³/mol. The van der Waals surface area contributed by atoms with Gasteiger partial charge in [-0.05, 0) is 17.5 Å². The lowest BCUT2D eigenvalue weighted by Gasteiger charge is -2.37. The Kier molecular flexibility index (Phi) is 3.41. The fourth-order valence-corrected chi connectivity index (χ4v) is 2.50. The number of nitrogens with one attached hydrogen (secondary N) is 1. The zero-order chi connectivity index (χ0) is 11.5. The van der Waals surface area contributed by atoms with Gasteiger partial charge in [0.25, 0.3) is 0 Å². The van der Waals surface area contributed by atoms with Crippen molar-refractivity contribution in [1.29, 1.82) is 0 Å². The molecule has 1 aromatic rings. The zero-order valence-corrected chi connectivity index (χ0v) is 10.2. The zero-order valence-electron chi connectivity index (χ0n) is 10.2. The molecular formula is C14H20N2O. The topological polar surface area (TPSA) is 27.8 Å². The van der Waals surface area contributed by atoms with E-state index in [0.29, 0.717) is 6.04 Å². The molecule has 2 fully saturated rings. The average Bonchev–Trinajstić information content (AvgIpc) is 3.16. The lowest BCUT2D eigenvalue weighted by Crippen LogP contribution is -2.52. The summed E-state index contributed by atoms with van der Waals surface area (Å²) in [5, 5.41) is 3.48. The average molecular weight is 232 g/mol. The highest BCUT2D eigenvalue weighted by molar-refractivity contribution is 5.25. The van der Waals surface area contributed by atoms with Crippen LogP contribution in [0, 0.1) is 0 Å². The normalized spacial score (nSPS) is 26.2. The third-order valence-corrected chi connectivity index (χ3v) is 3.56. The van der Waals surface area contributed by atoms with Crippen LogP contribution >= 0.6 is 0 Å². The van der Waals surface area contributed by atoms with E-state index in [1.165, 1.54) is 24.1 Å². The molecule has 4 aliphatic heterocycles. The summed E-state index contributed by atoms with van der Waals surface area (Å²) in [6.45, 7) is 6.63. The van der Waals surface area contributed by atoms with Gasteiger partial charge in [0.1, 0.15) is 0 Å². The minimum absolute atomic E-state index is 0.712. The summed E-state index contributed by atoms with van der Waals surface area (Å²) in [4.78, 5) is 2.61. The van der Waals surface area contributed by atoms with Crippen molar-refractivity contribution < 1.29 is 4.74 Å². The second kappa shape index (κ2) is 5.17. The summed E-state index contributed by atoms with van der Waals surface area (Å²) in [6.07, 6.45) is 1.20. The summed E-state index contributed by atoms with van der Waals surface area (Å²) in [6, 6.07) is 9.81. The number of nitrogens with zero attached hydrogens (tertiary/aromatic N) is 1. The lowest BCUT2D eigenvalue weighted by atomic mass is 9.98. The van der Waals surface area contributed by atoms with E-state index in [1.54, 1.807) is 0 Å². The Bertz CT molecular complexity index is 325. The molecule has 1 unspecified atom stereocenters. The second-order valence-electron chi connectivity index (χ2n) is 4.96. The number of rotatable bonds is 0. The molecule has 0 spiro atoms. The van der Waals surface area contributed by atoms with Crippen molar-refractivity contribution in [2.24, 2.45) is 0 Å². The summed E-state index contributed by atoms with van der Waals surface area (Å²) in [5.74, 6) is 0. The van der Waals surface area contributed by atoms with E-state index in [0.717, 1.165) is 32.8 Å². The first-order valence-corrected chi connectivity index (χ1v) is 6.52. The van der Waals surface area contributed by atoms with E-state index >= 15 is 0 Å². The summed E-state index contributed by atoms with van der Waals surface area (Å²) < 4.78 is 4.50.